The number of carbonyl (C=O) groups excluding carboxylic acids is 1. The molecule has 29 heavy (non-hydrogen) atoms. The predicted octanol–water partition coefficient (Wildman–Crippen LogP) is 4.82. The fourth-order valence-corrected chi connectivity index (χ4v) is 4.11. The molecule has 1 saturated heterocycles. The molecule has 146 valence electrons. The predicted molar refractivity (Wildman–Crippen MR) is 117 cm³/mol. The highest BCUT2D eigenvalue weighted by Gasteiger charge is 2.16. The zero-order chi connectivity index (χ0) is 19.8. The Morgan fingerprint density at radius 1 is 1.00 bits per heavy atom. The van der Waals surface area contributed by atoms with Gasteiger partial charge in [0.2, 0.25) is 0 Å². The molecule has 5 nitrogen and oxygen atoms in total. The minimum absolute atomic E-state index is 0.0441. The molecular weight excluding hydrogens is 360 g/mol. The summed E-state index contributed by atoms with van der Waals surface area (Å²) < 4.78 is 0. The van der Waals surface area contributed by atoms with Crippen molar-refractivity contribution in [1.29, 1.82) is 0 Å². The summed E-state index contributed by atoms with van der Waals surface area (Å²) in [6, 6.07) is 18.3. The van der Waals surface area contributed by atoms with E-state index in [-0.39, 0.29) is 5.91 Å². The number of aromatic nitrogens is 2. The Labute approximate surface area is 169 Å². The number of nitrogens with zero attached hydrogens (tertiary/aromatic N) is 2. The Morgan fingerprint density at radius 3 is 2.52 bits per heavy atom. The molecule has 0 bridgehead atoms. The second-order valence-electron chi connectivity index (χ2n) is 7.82. The molecule has 0 atom stereocenters. The van der Waals surface area contributed by atoms with Gasteiger partial charge >= 0.3 is 0 Å². The zero-order valence-corrected chi connectivity index (χ0v) is 16.5. The first kappa shape index (κ1) is 17.9. The SMILES string of the molecule is Cc1cc(C(=O)NN2CCCCC2)ccc1-c1nc2cc3ccccc3cc2[nH]1. The molecule has 0 aliphatic carbocycles. The lowest BCUT2D eigenvalue weighted by Crippen LogP contribution is -2.45. The van der Waals surface area contributed by atoms with E-state index < -0.39 is 0 Å². The number of H-pyrrole nitrogens is 1. The Balaban J connectivity index is 1.43. The van der Waals surface area contributed by atoms with Crippen molar-refractivity contribution < 1.29 is 4.79 Å². The van der Waals surface area contributed by atoms with E-state index in [1.807, 2.05) is 42.3 Å². The summed E-state index contributed by atoms with van der Waals surface area (Å²) in [5.74, 6) is 0.785. The van der Waals surface area contributed by atoms with Crippen LogP contribution in [0.25, 0.3) is 33.2 Å². The molecule has 1 aliphatic rings. The number of benzene rings is 3. The van der Waals surface area contributed by atoms with Crippen LogP contribution in [0, 0.1) is 6.92 Å². The van der Waals surface area contributed by atoms with Crippen molar-refractivity contribution in [2.24, 2.45) is 0 Å². The van der Waals surface area contributed by atoms with Crippen molar-refractivity contribution >= 4 is 27.7 Å². The van der Waals surface area contributed by atoms with Crippen LogP contribution in [0.2, 0.25) is 0 Å². The number of hydrogen-bond donors (Lipinski definition) is 2. The monoisotopic (exact) mass is 384 g/mol. The second-order valence-corrected chi connectivity index (χ2v) is 7.82. The molecule has 1 aromatic heterocycles. The topological polar surface area (TPSA) is 61.0 Å². The van der Waals surface area contributed by atoms with E-state index in [4.69, 9.17) is 4.98 Å². The Morgan fingerprint density at radius 2 is 1.76 bits per heavy atom. The molecule has 0 saturated carbocycles. The molecule has 1 aliphatic heterocycles. The molecule has 0 radical (unpaired) electrons. The number of hydrazine groups is 1. The Hall–Kier alpha value is -3.18. The van der Waals surface area contributed by atoms with Gasteiger partial charge in [0.15, 0.2) is 0 Å². The van der Waals surface area contributed by atoms with E-state index in [0.717, 1.165) is 53.9 Å². The van der Waals surface area contributed by atoms with Gasteiger partial charge in [0.25, 0.3) is 5.91 Å². The standard InChI is InChI=1S/C24H24N4O/c1-16-13-19(24(29)27-28-11-5-2-6-12-28)9-10-20(16)23-25-21-14-17-7-3-4-8-18(17)15-22(21)26-23/h3-4,7-10,13-15H,2,5-6,11-12H2,1H3,(H,25,26)(H,27,29). The van der Waals surface area contributed by atoms with Gasteiger partial charge in [0.1, 0.15) is 5.82 Å². The quantitative estimate of drug-likeness (QED) is 0.532. The van der Waals surface area contributed by atoms with Crippen LogP contribution in [-0.2, 0) is 0 Å². The van der Waals surface area contributed by atoms with Crippen molar-refractivity contribution in [1.82, 2.24) is 20.4 Å². The molecule has 5 heteroatoms. The maximum atomic E-state index is 12.6. The fraction of sp³-hybridized carbons (Fsp3) is 0.250. The molecule has 0 spiro atoms. The number of imidazole rings is 1. The lowest BCUT2D eigenvalue weighted by atomic mass is 10.0. The number of rotatable bonds is 3. The summed E-state index contributed by atoms with van der Waals surface area (Å²) in [7, 11) is 0. The van der Waals surface area contributed by atoms with Crippen molar-refractivity contribution in [3.63, 3.8) is 0 Å². The van der Waals surface area contributed by atoms with E-state index in [9.17, 15) is 4.79 Å². The minimum Gasteiger partial charge on any atom is -0.338 e. The van der Waals surface area contributed by atoms with E-state index >= 15 is 0 Å². The number of carbonyl (C=O) groups is 1. The van der Waals surface area contributed by atoms with Gasteiger partial charge < -0.3 is 4.98 Å². The number of aryl methyl sites for hydroxylation is 1. The third-order valence-corrected chi connectivity index (χ3v) is 5.71. The lowest BCUT2D eigenvalue weighted by molar-refractivity contribution is 0.0750. The first-order valence-electron chi connectivity index (χ1n) is 10.2. The number of fused-ring (bicyclic) bond motifs is 2. The van der Waals surface area contributed by atoms with Gasteiger partial charge in [-0.1, -0.05) is 36.8 Å². The number of amides is 1. The molecule has 1 fully saturated rings. The maximum Gasteiger partial charge on any atom is 0.265 e. The lowest BCUT2D eigenvalue weighted by Gasteiger charge is -2.26. The van der Waals surface area contributed by atoms with Crippen LogP contribution < -0.4 is 5.43 Å². The van der Waals surface area contributed by atoms with Crippen molar-refractivity contribution in [2.45, 2.75) is 26.2 Å². The number of piperidine rings is 1. The molecule has 0 unspecified atom stereocenters. The number of hydrogen-bond acceptors (Lipinski definition) is 3. The summed E-state index contributed by atoms with van der Waals surface area (Å²) in [5, 5.41) is 4.40. The molecule has 2 heterocycles. The van der Waals surface area contributed by atoms with E-state index in [0.29, 0.717) is 5.56 Å². The van der Waals surface area contributed by atoms with Crippen molar-refractivity contribution in [3.05, 3.63) is 65.7 Å². The summed E-state index contributed by atoms with van der Waals surface area (Å²) >= 11 is 0. The average molecular weight is 384 g/mol. The fourth-order valence-electron chi connectivity index (χ4n) is 4.11. The third-order valence-electron chi connectivity index (χ3n) is 5.71. The van der Waals surface area contributed by atoms with Gasteiger partial charge in [0, 0.05) is 24.2 Å². The van der Waals surface area contributed by atoms with Gasteiger partial charge in [-0.2, -0.15) is 0 Å². The number of aromatic amines is 1. The molecule has 5 rings (SSSR count). The first-order valence-corrected chi connectivity index (χ1v) is 10.2. The highest BCUT2D eigenvalue weighted by Crippen LogP contribution is 2.27. The van der Waals surface area contributed by atoms with Crippen LogP contribution >= 0.6 is 0 Å². The van der Waals surface area contributed by atoms with Gasteiger partial charge in [-0.05, 0) is 60.4 Å². The summed E-state index contributed by atoms with van der Waals surface area (Å²) in [4.78, 5) is 20.8. The Kier molecular flexibility index (Phi) is 4.52. The molecule has 2 N–H and O–H groups in total. The van der Waals surface area contributed by atoms with E-state index in [1.54, 1.807) is 0 Å². The van der Waals surface area contributed by atoms with Gasteiger partial charge in [-0.3, -0.25) is 10.2 Å². The van der Waals surface area contributed by atoms with Crippen LogP contribution in [0.15, 0.2) is 54.6 Å². The normalized spacial score (nSPS) is 15.1. The highest BCUT2D eigenvalue weighted by atomic mass is 16.2. The summed E-state index contributed by atoms with van der Waals surface area (Å²) in [5.41, 5.74) is 7.72. The van der Waals surface area contributed by atoms with E-state index in [1.165, 1.54) is 17.2 Å². The third kappa shape index (κ3) is 3.49. The maximum absolute atomic E-state index is 12.6. The molecule has 3 aromatic carbocycles. The van der Waals surface area contributed by atoms with Gasteiger partial charge in [-0.15, -0.1) is 0 Å². The van der Waals surface area contributed by atoms with Crippen LogP contribution in [0.3, 0.4) is 0 Å². The second kappa shape index (κ2) is 7.33. The van der Waals surface area contributed by atoms with Gasteiger partial charge in [-0.25, -0.2) is 9.99 Å². The van der Waals surface area contributed by atoms with Gasteiger partial charge in [0.05, 0.1) is 11.0 Å². The van der Waals surface area contributed by atoms with E-state index in [2.05, 4.69) is 34.7 Å². The molecule has 4 aromatic rings. The first-order chi connectivity index (χ1) is 14.2. The summed E-state index contributed by atoms with van der Waals surface area (Å²) in [6.45, 7) is 3.88. The van der Waals surface area contributed by atoms with Crippen molar-refractivity contribution in [3.8, 4) is 11.4 Å². The van der Waals surface area contributed by atoms with Crippen LogP contribution in [0.5, 0.6) is 0 Å². The Bertz CT molecular complexity index is 1150. The molecule has 1 amide bonds. The molecular formula is C24H24N4O. The van der Waals surface area contributed by atoms with Crippen molar-refractivity contribution in [2.75, 3.05) is 13.1 Å². The number of nitrogens with one attached hydrogen (secondary N) is 2. The highest BCUT2D eigenvalue weighted by molar-refractivity contribution is 5.97. The van der Waals surface area contributed by atoms with Crippen LogP contribution in [0.1, 0.15) is 35.2 Å². The zero-order valence-electron chi connectivity index (χ0n) is 16.5. The average Bonchev–Trinajstić information content (AvgIpc) is 3.15. The smallest absolute Gasteiger partial charge is 0.265 e. The van der Waals surface area contributed by atoms with Crippen LogP contribution in [-0.4, -0.2) is 34.0 Å². The largest absolute Gasteiger partial charge is 0.338 e. The van der Waals surface area contributed by atoms with Crippen LogP contribution in [0.4, 0.5) is 0 Å². The summed E-state index contributed by atoms with van der Waals surface area (Å²) in [6.07, 6.45) is 3.52. The minimum atomic E-state index is -0.0441.